The second-order valence-corrected chi connectivity index (χ2v) is 15.6. The van der Waals surface area contributed by atoms with Crippen molar-refractivity contribution >= 4 is 50.2 Å². The van der Waals surface area contributed by atoms with Crippen molar-refractivity contribution in [1.29, 1.82) is 5.41 Å². The van der Waals surface area contributed by atoms with E-state index >= 15 is 0 Å². The first-order valence-electron chi connectivity index (χ1n) is 20.7. The van der Waals surface area contributed by atoms with Crippen LogP contribution in [0.5, 0.6) is 0 Å². The first-order valence-corrected chi connectivity index (χ1v) is 20.7. The Balaban J connectivity index is 1.16. The van der Waals surface area contributed by atoms with Crippen molar-refractivity contribution in [3.8, 4) is 22.3 Å². The Morgan fingerprint density at radius 1 is 0.443 bits per heavy atom. The van der Waals surface area contributed by atoms with Crippen molar-refractivity contribution in [3.05, 3.63) is 263 Å². The maximum Gasteiger partial charge on any atom is 0.162 e. The number of rotatable bonds is 6. The van der Waals surface area contributed by atoms with Gasteiger partial charge in [0.2, 0.25) is 0 Å². The molecule has 11 rings (SSSR count). The number of nitrogens with one attached hydrogen (secondary N) is 1. The molecule has 0 bridgehead atoms. The maximum atomic E-state index is 9.55. The van der Waals surface area contributed by atoms with E-state index in [9.17, 15) is 5.41 Å². The molecule has 0 fully saturated rings. The Labute approximate surface area is 355 Å². The van der Waals surface area contributed by atoms with Gasteiger partial charge in [0.1, 0.15) is 0 Å². The van der Waals surface area contributed by atoms with Crippen LogP contribution in [0.4, 0.5) is 0 Å². The standard InChI is InChI=1S/C58H39N3/c59-56(42-33-31-40(32-34-42)39-17-4-1-5-18-39)61-57(60-38-52-47-26-13-11-20-43(47)37-51-46-25-12-10-19-41(46)35-36-48(51)52)50-28-16-30-54-55(50)49-27-14-15-29-53(49)58(54,44-21-6-2-7-22-44)45-23-8-3-9-24-45/h1-38,59H. The van der Waals surface area contributed by atoms with E-state index in [1.54, 1.807) is 0 Å². The molecule has 0 aromatic heterocycles. The number of aliphatic imine (C=N–C) groups is 2. The third-order valence-electron chi connectivity index (χ3n) is 12.3. The predicted molar refractivity (Wildman–Crippen MR) is 256 cm³/mol. The average molecular weight is 778 g/mol. The summed E-state index contributed by atoms with van der Waals surface area (Å²) in [6, 6.07) is 79.1. The molecule has 0 radical (unpaired) electrons. The molecule has 61 heavy (non-hydrogen) atoms. The fraction of sp³-hybridized carbons (Fsp3) is 0.0172. The lowest BCUT2D eigenvalue weighted by Crippen LogP contribution is -2.28. The van der Waals surface area contributed by atoms with E-state index in [1.165, 1.54) is 32.8 Å². The molecule has 1 N–H and O–H groups in total. The van der Waals surface area contributed by atoms with Crippen molar-refractivity contribution in [1.82, 2.24) is 0 Å². The van der Waals surface area contributed by atoms with Crippen LogP contribution in [0.2, 0.25) is 0 Å². The van der Waals surface area contributed by atoms with Crippen LogP contribution in [-0.2, 0) is 5.41 Å². The molecule has 0 saturated heterocycles. The number of amidine groups is 2. The smallest absolute Gasteiger partial charge is 0.162 e. The molecule has 0 amide bonds. The molecule has 10 aromatic rings. The molecule has 0 atom stereocenters. The Bertz CT molecular complexity index is 3310. The van der Waals surface area contributed by atoms with E-state index < -0.39 is 5.41 Å². The lowest BCUT2D eigenvalue weighted by Gasteiger charge is -2.33. The number of fused-ring (bicyclic) bond motifs is 7. The minimum Gasteiger partial charge on any atom is -0.282 e. The van der Waals surface area contributed by atoms with E-state index in [4.69, 9.17) is 9.98 Å². The molecule has 10 aromatic carbocycles. The van der Waals surface area contributed by atoms with Gasteiger partial charge < -0.3 is 0 Å². The van der Waals surface area contributed by atoms with E-state index in [0.717, 1.165) is 55.1 Å². The summed E-state index contributed by atoms with van der Waals surface area (Å²) in [5.74, 6) is 0.615. The van der Waals surface area contributed by atoms with Crippen molar-refractivity contribution < 1.29 is 0 Å². The van der Waals surface area contributed by atoms with E-state index in [0.29, 0.717) is 11.4 Å². The maximum absolute atomic E-state index is 9.55. The van der Waals surface area contributed by atoms with E-state index in [1.807, 2.05) is 36.5 Å². The Kier molecular flexibility index (Phi) is 8.87. The summed E-state index contributed by atoms with van der Waals surface area (Å²) in [6.45, 7) is 0. The molecule has 0 saturated carbocycles. The summed E-state index contributed by atoms with van der Waals surface area (Å²) in [4.78, 5) is 10.6. The monoisotopic (exact) mass is 777 g/mol. The SMILES string of the molecule is N=C(N=C(N=Cc1c2ccccc2cc2c1ccc1ccccc12)c1cccc2c1-c1ccccc1C2(c1ccccc1)c1ccccc1)c1ccc(-c2ccccc2)cc1. The molecule has 3 heteroatoms. The second kappa shape index (κ2) is 15.0. The highest BCUT2D eigenvalue weighted by molar-refractivity contribution is 6.23. The quantitative estimate of drug-likeness (QED) is 0.0757. The van der Waals surface area contributed by atoms with Gasteiger partial charge in [0.05, 0.1) is 5.41 Å². The van der Waals surface area contributed by atoms with Gasteiger partial charge in [-0.25, -0.2) is 9.98 Å². The lowest BCUT2D eigenvalue weighted by atomic mass is 9.67. The number of benzene rings is 10. The van der Waals surface area contributed by atoms with Crippen LogP contribution in [0, 0.1) is 5.41 Å². The van der Waals surface area contributed by atoms with Gasteiger partial charge >= 0.3 is 0 Å². The molecule has 0 heterocycles. The van der Waals surface area contributed by atoms with Crippen LogP contribution in [-0.4, -0.2) is 17.9 Å². The Hall–Kier alpha value is -8.01. The summed E-state index contributed by atoms with van der Waals surface area (Å²) < 4.78 is 0. The zero-order valence-corrected chi connectivity index (χ0v) is 33.3. The number of hydrogen-bond acceptors (Lipinski definition) is 1. The summed E-state index contributed by atoms with van der Waals surface area (Å²) in [7, 11) is 0. The average Bonchev–Trinajstić information content (AvgIpc) is 3.64. The first-order chi connectivity index (χ1) is 30.2. The van der Waals surface area contributed by atoms with Crippen molar-refractivity contribution in [2.45, 2.75) is 5.41 Å². The third kappa shape index (κ3) is 6.01. The fourth-order valence-electron chi connectivity index (χ4n) is 9.58. The summed E-state index contributed by atoms with van der Waals surface area (Å²) in [6.07, 6.45) is 1.98. The third-order valence-corrected chi connectivity index (χ3v) is 12.3. The number of hydrogen-bond donors (Lipinski definition) is 1. The minimum absolute atomic E-state index is 0.141. The molecule has 3 nitrogen and oxygen atoms in total. The van der Waals surface area contributed by atoms with Gasteiger partial charge in [-0.1, -0.05) is 218 Å². The predicted octanol–water partition coefficient (Wildman–Crippen LogP) is 14.1. The molecule has 0 spiro atoms. The zero-order valence-electron chi connectivity index (χ0n) is 33.3. The van der Waals surface area contributed by atoms with Gasteiger partial charge in [-0.15, -0.1) is 0 Å². The lowest BCUT2D eigenvalue weighted by molar-refractivity contribution is 0.768. The number of nitrogens with zero attached hydrogens (tertiary/aromatic N) is 2. The van der Waals surface area contributed by atoms with Crippen LogP contribution >= 0.6 is 0 Å². The van der Waals surface area contributed by atoms with Crippen molar-refractivity contribution in [2.75, 3.05) is 0 Å². The van der Waals surface area contributed by atoms with Crippen LogP contribution in [0.3, 0.4) is 0 Å². The van der Waals surface area contributed by atoms with Gasteiger partial charge in [-0.05, 0) is 82.9 Å². The highest BCUT2D eigenvalue weighted by Crippen LogP contribution is 2.57. The largest absolute Gasteiger partial charge is 0.282 e. The van der Waals surface area contributed by atoms with Gasteiger partial charge in [0.25, 0.3) is 0 Å². The van der Waals surface area contributed by atoms with Crippen molar-refractivity contribution in [3.63, 3.8) is 0 Å². The van der Waals surface area contributed by atoms with Crippen LogP contribution in [0.25, 0.3) is 54.6 Å². The molecular formula is C58H39N3. The summed E-state index contributed by atoms with van der Waals surface area (Å²) in [5.41, 5.74) is 11.2. The van der Waals surface area contributed by atoms with E-state index in [-0.39, 0.29) is 5.84 Å². The highest BCUT2D eigenvalue weighted by atomic mass is 15.0. The first kappa shape index (κ1) is 36.1. The van der Waals surface area contributed by atoms with Gasteiger partial charge in [-0.3, -0.25) is 5.41 Å². The Morgan fingerprint density at radius 3 is 1.77 bits per heavy atom. The Morgan fingerprint density at radius 2 is 1.03 bits per heavy atom. The topological polar surface area (TPSA) is 48.6 Å². The molecule has 286 valence electrons. The fourth-order valence-corrected chi connectivity index (χ4v) is 9.58. The van der Waals surface area contributed by atoms with Crippen molar-refractivity contribution in [2.24, 2.45) is 9.98 Å². The molecule has 0 aliphatic heterocycles. The minimum atomic E-state index is -0.590. The highest BCUT2D eigenvalue weighted by Gasteiger charge is 2.47. The molecular weight excluding hydrogens is 739 g/mol. The normalized spacial score (nSPS) is 13.1. The van der Waals surface area contributed by atoms with Crippen LogP contribution in [0.15, 0.2) is 234 Å². The summed E-state index contributed by atoms with van der Waals surface area (Å²) in [5, 5.41) is 16.5. The summed E-state index contributed by atoms with van der Waals surface area (Å²) >= 11 is 0. The molecule has 1 aliphatic rings. The van der Waals surface area contributed by atoms with Crippen LogP contribution in [0.1, 0.15) is 38.9 Å². The zero-order chi connectivity index (χ0) is 40.8. The molecule has 0 unspecified atom stereocenters. The van der Waals surface area contributed by atoms with Gasteiger partial charge in [0, 0.05) is 22.9 Å². The van der Waals surface area contributed by atoms with E-state index in [2.05, 4.69) is 194 Å². The molecule has 1 aliphatic carbocycles. The van der Waals surface area contributed by atoms with Gasteiger partial charge in [-0.2, -0.15) is 0 Å². The van der Waals surface area contributed by atoms with Gasteiger partial charge in [0.15, 0.2) is 11.7 Å². The second-order valence-electron chi connectivity index (χ2n) is 15.6. The van der Waals surface area contributed by atoms with Crippen LogP contribution < -0.4 is 0 Å².